The number of halogens is 1. The molecule has 0 aromatic rings. The van der Waals surface area contributed by atoms with Gasteiger partial charge in [0.1, 0.15) is 0 Å². The predicted molar refractivity (Wildman–Crippen MR) is 99.3 cm³/mol. The molecule has 0 bridgehead atoms. The fraction of sp³-hybridized carbons (Fsp3) is 0.944. The van der Waals surface area contributed by atoms with Gasteiger partial charge in [0.25, 0.3) is 0 Å². The molecule has 0 heterocycles. The Morgan fingerprint density at radius 3 is 1.62 bits per heavy atom. The average molecular weight is 424 g/mol. The fourth-order valence-corrected chi connectivity index (χ4v) is 19.4. The van der Waals surface area contributed by atoms with Crippen molar-refractivity contribution in [2.24, 2.45) is 0 Å². The van der Waals surface area contributed by atoms with Gasteiger partial charge in [-0.1, -0.05) is 0 Å². The molecule has 0 fully saturated rings. The van der Waals surface area contributed by atoms with Crippen molar-refractivity contribution in [1.29, 1.82) is 0 Å². The maximum absolute atomic E-state index is 12.0. The first-order valence-electron chi connectivity index (χ1n) is 9.21. The van der Waals surface area contributed by atoms with Gasteiger partial charge in [0.05, 0.1) is 0 Å². The summed E-state index contributed by atoms with van der Waals surface area (Å²) in [6.45, 7) is 6.92. The van der Waals surface area contributed by atoms with Gasteiger partial charge >= 0.3 is 143 Å². The van der Waals surface area contributed by atoms with Crippen LogP contribution >= 0.6 is 11.6 Å². The summed E-state index contributed by atoms with van der Waals surface area (Å²) in [4.78, 5) is 12.0. The van der Waals surface area contributed by atoms with Crippen LogP contribution in [-0.2, 0) is 4.79 Å². The molecule has 21 heavy (non-hydrogen) atoms. The molecule has 0 aliphatic carbocycles. The Hall–Kier alpha value is 0.759. The van der Waals surface area contributed by atoms with Gasteiger partial charge in [0.2, 0.25) is 0 Å². The zero-order valence-corrected chi connectivity index (χ0v) is 18.3. The number of Topliss-reactive ketones (excluding diaryl/α,β-unsaturated/α-hetero) is 1. The van der Waals surface area contributed by atoms with Crippen molar-refractivity contribution in [3.05, 3.63) is 0 Å². The van der Waals surface area contributed by atoms with E-state index in [4.69, 9.17) is 11.6 Å². The summed E-state index contributed by atoms with van der Waals surface area (Å²) in [5, 5.41) is 0. The number of unbranched alkanes of at least 4 members (excludes halogenated alkanes) is 3. The van der Waals surface area contributed by atoms with Crippen molar-refractivity contribution in [2.45, 2.75) is 96.3 Å². The molecule has 0 atom stereocenters. The van der Waals surface area contributed by atoms with Gasteiger partial charge in [-0.3, -0.25) is 0 Å². The van der Waals surface area contributed by atoms with Gasteiger partial charge in [-0.25, -0.2) is 0 Å². The second-order valence-electron chi connectivity index (χ2n) is 6.64. The fourth-order valence-electron chi connectivity index (χ4n) is 3.20. The van der Waals surface area contributed by atoms with Gasteiger partial charge in [0.15, 0.2) is 0 Å². The van der Waals surface area contributed by atoms with E-state index in [2.05, 4.69) is 20.8 Å². The molecule has 3 heteroatoms. The Kier molecular flexibility index (Phi) is 14.9. The molecule has 0 N–H and O–H groups in total. The van der Waals surface area contributed by atoms with Crippen molar-refractivity contribution >= 4 is 35.8 Å². The molecule has 0 aliphatic rings. The number of ketones is 1. The third kappa shape index (κ3) is 11.0. The zero-order valence-electron chi connectivity index (χ0n) is 14.7. The Morgan fingerprint density at radius 1 is 0.762 bits per heavy atom. The Morgan fingerprint density at radius 2 is 1.24 bits per heavy atom. The normalized spacial score (nSPS) is 11.8. The Labute approximate surface area is 142 Å². The number of rotatable bonds is 15. The molecule has 0 aromatic carbocycles. The molecular formula is C18H37ClOSn. The number of carbonyl (C=O) groups is 1. The summed E-state index contributed by atoms with van der Waals surface area (Å²) in [5.74, 6) is 1.10. The summed E-state index contributed by atoms with van der Waals surface area (Å²) in [7, 11) is 0. The molecule has 0 saturated carbocycles. The van der Waals surface area contributed by atoms with E-state index >= 15 is 0 Å². The van der Waals surface area contributed by atoms with Crippen molar-refractivity contribution in [2.75, 3.05) is 5.88 Å². The molecule has 0 amide bonds. The molecule has 0 spiro atoms. The first-order chi connectivity index (χ1) is 10.1. The van der Waals surface area contributed by atoms with Crippen LogP contribution in [0.3, 0.4) is 0 Å². The predicted octanol–water partition coefficient (Wildman–Crippen LogP) is 6.81. The number of hydrogen-bond donors (Lipinski definition) is 0. The van der Waals surface area contributed by atoms with Crippen LogP contribution in [0, 0.1) is 0 Å². The number of carbonyl (C=O) groups excluding carboxylic acids is 1. The van der Waals surface area contributed by atoms with Crippen LogP contribution in [-0.4, -0.2) is 30.0 Å². The summed E-state index contributed by atoms with van der Waals surface area (Å²) < 4.78 is 5.88. The molecule has 0 saturated heterocycles. The number of hydrogen-bond acceptors (Lipinski definition) is 1. The van der Waals surface area contributed by atoms with Gasteiger partial charge in [-0.2, -0.15) is 0 Å². The van der Waals surface area contributed by atoms with E-state index < -0.39 is 18.4 Å². The topological polar surface area (TPSA) is 17.1 Å². The third-order valence-electron chi connectivity index (χ3n) is 4.71. The van der Waals surface area contributed by atoms with Crippen LogP contribution in [0.25, 0.3) is 0 Å². The van der Waals surface area contributed by atoms with Crippen molar-refractivity contribution < 1.29 is 4.79 Å². The summed E-state index contributed by atoms with van der Waals surface area (Å²) in [6.07, 6.45) is 10.6. The van der Waals surface area contributed by atoms with Crippen LogP contribution in [0.4, 0.5) is 0 Å². The molecule has 0 radical (unpaired) electrons. The first kappa shape index (κ1) is 21.8. The van der Waals surface area contributed by atoms with Gasteiger partial charge in [-0.05, 0) is 0 Å². The monoisotopic (exact) mass is 424 g/mol. The van der Waals surface area contributed by atoms with Gasteiger partial charge in [-0.15, -0.1) is 0 Å². The SMILES string of the molecule is CCC[CH2][Sn]([CH2]CCC)([CH2]CCC)[CH2]CC(=O)CCCCl. The molecule has 0 rings (SSSR count). The summed E-state index contributed by atoms with van der Waals surface area (Å²) in [6, 6.07) is 0. The standard InChI is InChI=1S/C6H10ClO.3C4H9.Sn/c1-2-6(8)4-3-5-7;3*1-3-4-2;/h1-5H2;3*1,3-4H2,2H3;. The molecule has 1 nitrogen and oxygen atoms in total. The Balaban J connectivity index is 4.57. The molecule has 0 unspecified atom stereocenters. The quantitative estimate of drug-likeness (QED) is 0.209. The second kappa shape index (κ2) is 14.4. The van der Waals surface area contributed by atoms with E-state index in [1.165, 1.54) is 56.3 Å². The van der Waals surface area contributed by atoms with Crippen molar-refractivity contribution in [3.8, 4) is 0 Å². The minimum atomic E-state index is -2.06. The van der Waals surface area contributed by atoms with E-state index in [0.717, 1.165) is 12.8 Å². The van der Waals surface area contributed by atoms with E-state index in [-0.39, 0.29) is 0 Å². The van der Waals surface area contributed by atoms with E-state index in [1.807, 2.05) is 0 Å². The van der Waals surface area contributed by atoms with Crippen LogP contribution in [0.15, 0.2) is 0 Å². The van der Waals surface area contributed by atoms with Crippen LogP contribution in [0.1, 0.15) is 78.6 Å². The molecule has 0 aromatic heterocycles. The first-order valence-corrected chi connectivity index (χ1v) is 17.8. The van der Waals surface area contributed by atoms with Crippen LogP contribution < -0.4 is 0 Å². The molecular weight excluding hydrogens is 386 g/mol. The van der Waals surface area contributed by atoms with E-state index in [9.17, 15) is 4.79 Å². The van der Waals surface area contributed by atoms with Gasteiger partial charge in [0, 0.05) is 0 Å². The average Bonchev–Trinajstić information content (AvgIpc) is 2.51. The van der Waals surface area contributed by atoms with Crippen molar-refractivity contribution in [1.82, 2.24) is 0 Å². The van der Waals surface area contributed by atoms with E-state index in [0.29, 0.717) is 18.1 Å². The zero-order chi connectivity index (χ0) is 16.0. The molecule has 0 aliphatic heterocycles. The Bertz CT molecular complexity index is 234. The molecule has 126 valence electrons. The van der Waals surface area contributed by atoms with Crippen LogP contribution in [0.5, 0.6) is 0 Å². The number of alkyl halides is 1. The summed E-state index contributed by atoms with van der Waals surface area (Å²) >= 11 is 3.65. The minimum absolute atomic E-state index is 0.473. The second-order valence-corrected chi connectivity index (χ2v) is 21.3. The third-order valence-corrected chi connectivity index (χ3v) is 20.8. The van der Waals surface area contributed by atoms with Crippen molar-refractivity contribution in [3.63, 3.8) is 0 Å². The summed E-state index contributed by atoms with van der Waals surface area (Å²) in [5.41, 5.74) is 0. The van der Waals surface area contributed by atoms with Crippen LogP contribution in [0.2, 0.25) is 17.7 Å². The van der Waals surface area contributed by atoms with E-state index in [1.54, 1.807) is 0 Å². The maximum atomic E-state index is 12.0. The van der Waals surface area contributed by atoms with Gasteiger partial charge < -0.3 is 0 Å².